The second-order valence-corrected chi connectivity index (χ2v) is 3.54. The molecule has 1 aliphatic rings. The average molecular weight is 189 g/mol. The Morgan fingerprint density at radius 2 is 2.31 bits per heavy atom. The van der Waals surface area contributed by atoms with Gasteiger partial charge in [-0.2, -0.15) is 5.26 Å². The highest BCUT2D eigenvalue weighted by Gasteiger charge is 2.10. The second-order valence-electron chi connectivity index (χ2n) is 2.57. The van der Waals surface area contributed by atoms with Crippen LogP contribution < -0.4 is 5.32 Å². The lowest BCUT2D eigenvalue weighted by Crippen LogP contribution is -2.15. The standard InChI is InChI=1S/C9H7N3S/c10-6-11-9-12-8-4-2-1-3-7(8)5-13-9/h1-4H,5H2,(H,11,12). The molecule has 0 aromatic heterocycles. The van der Waals surface area contributed by atoms with Crippen molar-refractivity contribution in [2.75, 3.05) is 0 Å². The normalized spacial score (nSPS) is 13.9. The van der Waals surface area contributed by atoms with Crippen molar-refractivity contribution in [3.05, 3.63) is 29.8 Å². The van der Waals surface area contributed by atoms with Gasteiger partial charge in [0.05, 0.1) is 5.69 Å². The fourth-order valence-electron chi connectivity index (χ4n) is 1.14. The Morgan fingerprint density at radius 3 is 3.15 bits per heavy atom. The molecule has 0 radical (unpaired) electrons. The molecule has 0 unspecified atom stereocenters. The molecule has 0 bridgehead atoms. The van der Waals surface area contributed by atoms with Crippen molar-refractivity contribution in [2.45, 2.75) is 5.75 Å². The molecule has 0 saturated carbocycles. The molecule has 3 nitrogen and oxygen atoms in total. The van der Waals surface area contributed by atoms with E-state index in [4.69, 9.17) is 5.26 Å². The first kappa shape index (κ1) is 8.14. The molecule has 0 atom stereocenters. The van der Waals surface area contributed by atoms with Gasteiger partial charge < -0.3 is 0 Å². The number of para-hydroxylation sites is 1. The zero-order valence-electron chi connectivity index (χ0n) is 6.82. The molecule has 4 heteroatoms. The fraction of sp³-hybridized carbons (Fsp3) is 0.111. The van der Waals surface area contributed by atoms with Crippen LogP contribution in [0, 0.1) is 11.5 Å². The first-order chi connectivity index (χ1) is 6.40. The van der Waals surface area contributed by atoms with Crippen LogP contribution in [0.25, 0.3) is 0 Å². The fourth-order valence-corrected chi connectivity index (χ4v) is 1.96. The monoisotopic (exact) mass is 189 g/mol. The van der Waals surface area contributed by atoms with Crippen molar-refractivity contribution in [3.63, 3.8) is 0 Å². The Labute approximate surface area is 80.5 Å². The summed E-state index contributed by atoms with van der Waals surface area (Å²) in [4.78, 5) is 4.28. The summed E-state index contributed by atoms with van der Waals surface area (Å²) >= 11 is 1.55. The predicted molar refractivity (Wildman–Crippen MR) is 53.6 cm³/mol. The number of nitrogens with zero attached hydrogens (tertiary/aromatic N) is 2. The van der Waals surface area contributed by atoms with Crippen LogP contribution in [-0.4, -0.2) is 5.17 Å². The Hall–Kier alpha value is -1.47. The molecule has 0 fully saturated rings. The maximum absolute atomic E-state index is 8.41. The van der Waals surface area contributed by atoms with E-state index in [1.807, 2.05) is 24.4 Å². The van der Waals surface area contributed by atoms with E-state index >= 15 is 0 Å². The van der Waals surface area contributed by atoms with E-state index in [0.717, 1.165) is 11.4 Å². The number of nitriles is 1. The van der Waals surface area contributed by atoms with Crippen LogP contribution in [0.2, 0.25) is 0 Å². The van der Waals surface area contributed by atoms with Crippen molar-refractivity contribution in [1.29, 1.82) is 5.26 Å². The third-order valence-electron chi connectivity index (χ3n) is 1.74. The first-order valence-electron chi connectivity index (χ1n) is 3.84. The van der Waals surface area contributed by atoms with Crippen molar-refractivity contribution in [2.24, 2.45) is 4.99 Å². The smallest absolute Gasteiger partial charge is 0.183 e. The zero-order valence-corrected chi connectivity index (χ0v) is 7.64. The van der Waals surface area contributed by atoms with E-state index in [0.29, 0.717) is 5.17 Å². The zero-order chi connectivity index (χ0) is 9.10. The van der Waals surface area contributed by atoms with Crippen molar-refractivity contribution in [3.8, 4) is 6.19 Å². The van der Waals surface area contributed by atoms with E-state index < -0.39 is 0 Å². The van der Waals surface area contributed by atoms with Gasteiger partial charge in [0.2, 0.25) is 0 Å². The van der Waals surface area contributed by atoms with Crippen molar-refractivity contribution >= 4 is 22.6 Å². The number of nitrogens with one attached hydrogen (secondary N) is 1. The number of thioether (sulfide) groups is 1. The van der Waals surface area contributed by atoms with Gasteiger partial charge in [0.1, 0.15) is 0 Å². The highest BCUT2D eigenvalue weighted by Crippen LogP contribution is 2.29. The summed E-state index contributed by atoms with van der Waals surface area (Å²) in [6, 6.07) is 7.95. The summed E-state index contributed by atoms with van der Waals surface area (Å²) in [6.45, 7) is 0. The maximum atomic E-state index is 8.41. The van der Waals surface area contributed by atoms with E-state index in [1.54, 1.807) is 11.8 Å². The van der Waals surface area contributed by atoms with Gasteiger partial charge in [-0.3, -0.25) is 5.32 Å². The van der Waals surface area contributed by atoms with Gasteiger partial charge in [0.15, 0.2) is 11.4 Å². The average Bonchev–Trinajstić information content (AvgIpc) is 2.18. The van der Waals surface area contributed by atoms with E-state index in [-0.39, 0.29) is 0 Å². The SMILES string of the molecule is N#CNC1=Nc2ccccc2CS1. The summed E-state index contributed by atoms with van der Waals surface area (Å²) in [5.74, 6) is 0.879. The number of hydrogen-bond acceptors (Lipinski definition) is 4. The number of benzene rings is 1. The van der Waals surface area contributed by atoms with Crippen LogP contribution in [0.3, 0.4) is 0 Å². The predicted octanol–water partition coefficient (Wildman–Crippen LogP) is 1.99. The molecule has 64 valence electrons. The molecule has 2 rings (SSSR count). The molecular formula is C9H7N3S. The summed E-state index contributed by atoms with van der Waals surface area (Å²) in [5.41, 5.74) is 2.18. The van der Waals surface area contributed by atoms with Gasteiger partial charge in [-0.25, -0.2) is 4.99 Å². The van der Waals surface area contributed by atoms with Crippen LogP contribution >= 0.6 is 11.8 Å². The third-order valence-corrected chi connectivity index (χ3v) is 2.66. The number of amidine groups is 1. The number of fused-ring (bicyclic) bond motifs is 1. The molecule has 1 aliphatic heterocycles. The third kappa shape index (κ3) is 1.65. The summed E-state index contributed by atoms with van der Waals surface area (Å²) in [7, 11) is 0. The van der Waals surface area contributed by atoms with Crippen LogP contribution in [-0.2, 0) is 5.75 Å². The largest absolute Gasteiger partial charge is 0.271 e. The summed E-state index contributed by atoms with van der Waals surface area (Å²) < 4.78 is 0. The molecule has 0 saturated heterocycles. The van der Waals surface area contributed by atoms with Gasteiger partial charge in [-0.15, -0.1) is 0 Å². The van der Waals surface area contributed by atoms with Crippen LogP contribution in [0.5, 0.6) is 0 Å². The van der Waals surface area contributed by atoms with E-state index in [1.165, 1.54) is 5.56 Å². The molecule has 0 aliphatic carbocycles. The van der Waals surface area contributed by atoms with Crippen LogP contribution in [0.1, 0.15) is 5.56 Å². The molecule has 0 spiro atoms. The van der Waals surface area contributed by atoms with Gasteiger partial charge in [-0.05, 0) is 11.6 Å². The Kier molecular flexibility index (Phi) is 2.19. The first-order valence-corrected chi connectivity index (χ1v) is 4.83. The summed E-state index contributed by atoms with van der Waals surface area (Å²) in [6.07, 6.45) is 1.87. The van der Waals surface area contributed by atoms with Crippen LogP contribution in [0.4, 0.5) is 5.69 Å². The van der Waals surface area contributed by atoms with Gasteiger partial charge in [0.25, 0.3) is 0 Å². The second kappa shape index (κ2) is 3.50. The minimum absolute atomic E-state index is 0.682. The minimum atomic E-state index is 0.682. The number of hydrogen-bond donors (Lipinski definition) is 1. The van der Waals surface area contributed by atoms with E-state index in [9.17, 15) is 0 Å². The lowest BCUT2D eigenvalue weighted by molar-refractivity contribution is 1.25. The molecule has 0 amide bonds. The Balaban J connectivity index is 2.34. The van der Waals surface area contributed by atoms with Gasteiger partial charge in [0, 0.05) is 5.75 Å². The van der Waals surface area contributed by atoms with Crippen LogP contribution in [0.15, 0.2) is 29.3 Å². The molecule has 1 aromatic carbocycles. The van der Waals surface area contributed by atoms with Crippen molar-refractivity contribution in [1.82, 2.24) is 5.32 Å². The Morgan fingerprint density at radius 1 is 1.46 bits per heavy atom. The van der Waals surface area contributed by atoms with Crippen molar-refractivity contribution < 1.29 is 0 Å². The molecule has 1 heterocycles. The molecule has 1 N–H and O–H groups in total. The Bertz CT molecular complexity index is 392. The lowest BCUT2D eigenvalue weighted by atomic mass is 10.2. The quantitative estimate of drug-likeness (QED) is 0.501. The molecule has 1 aromatic rings. The van der Waals surface area contributed by atoms with Gasteiger partial charge >= 0.3 is 0 Å². The highest BCUT2D eigenvalue weighted by molar-refractivity contribution is 8.13. The highest BCUT2D eigenvalue weighted by atomic mass is 32.2. The topological polar surface area (TPSA) is 48.2 Å². The number of rotatable bonds is 0. The molecular weight excluding hydrogens is 182 g/mol. The minimum Gasteiger partial charge on any atom is -0.271 e. The maximum Gasteiger partial charge on any atom is 0.183 e. The van der Waals surface area contributed by atoms with E-state index in [2.05, 4.69) is 16.4 Å². The molecule has 13 heavy (non-hydrogen) atoms. The number of aliphatic imine (C=N–C) groups is 1. The van der Waals surface area contributed by atoms with Gasteiger partial charge in [-0.1, -0.05) is 30.0 Å². The lowest BCUT2D eigenvalue weighted by Gasteiger charge is -2.12. The summed E-state index contributed by atoms with van der Waals surface area (Å²) in [5, 5.41) is 11.6.